The van der Waals surface area contributed by atoms with Crippen molar-refractivity contribution in [3.63, 3.8) is 0 Å². The van der Waals surface area contributed by atoms with Crippen LogP contribution in [0.4, 0.5) is 4.39 Å². The molecule has 2 N–H and O–H groups in total. The molecule has 0 amide bonds. The van der Waals surface area contributed by atoms with E-state index in [1.165, 1.54) is 6.07 Å². The molecule has 1 aromatic carbocycles. The second-order valence-electron chi connectivity index (χ2n) is 3.12. The Hall–Kier alpha value is -0.610. The Morgan fingerprint density at radius 3 is 2.71 bits per heavy atom. The third-order valence-corrected chi connectivity index (χ3v) is 2.98. The van der Waals surface area contributed by atoms with Gasteiger partial charge < -0.3 is 10.2 Å². The molecule has 0 fully saturated rings. The maximum atomic E-state index is 13.1. The van der Waals surface area contributed by atoms with E-state index in [0.717, 1.165) is 5.56 Å². The SMILES string of the molecule is Cc1c(Br)cc(F)c(O)c1CCCO. The molecule has 0 heterocycles. The summed E-state index contributed by atoms with van der Waals surface area (Å²) in [5, 5.41) is 18.1. The molecule has 14 heavy (non-hydrogen) atoms. The summed E-state index contributed by atoms with van der Waals surface area (Å²) in [7, 11) is 0. The molecule has 0 aliphatic rings. The maximum Gasteiger partial charge on any atom is 0.166 e. The Morgan fingerprint density at radius 2 is 2.14 bits per heavy atom. The highest BCUT2D eigenvalue weighted by atomic mass is 79.9. The van der Waals surface area contributed by atoms with Crippen molar-refractivity contribution in [1.29, 1.82) is 0 Å². The molecule has 4 heteroatoms. The molecule has 0 saturated carbocycles. The first-order valence-corrected chi connectivity index (χ1v) is 5.14. The van der Waals surface area contributed by atoms with Gasteiger partial charge in [-0.25, -0.2) is 4.39 Å². The summed E-state index contributed by atoms with van der Waals surface area (Å²) >= 11 is 3.21. The molecule has 2 nitrogen and oxygen atoms in total. The summed E-state index contributed by atoms with van der Waals surface area (Å²) in [4.78, 5) is 0. The minimum Gasteiger partial charge on any atom is -0.505 e. The molecule has 0 spiro atoms. The molecule has 78 valence electrons. The fraction of sp³-hybridized carbons (Fsp3) is 0.400. The van der Waals surface area contributed by atoms with Crippen LogP contribution < -0.4 is 0 Å². The largest absolute Gasteiger partial charge is 0.505 e. The number of aromatic hydroxyl groups is 1. The first-order valence-electron chi connectivity index (χ1n) is 4.35. The van der Waals surface area contributed by atoms with Crippen molar-refractivity contribution in [1.82, 2.24) is 0 Å². The molecule has 0 aliphatic heterocycles. The van der Waals surface area contributed by atoms with E-state index < -0.39 is 5.82 Å². The number of phenolic OH excluding ortho intramolecular Hbond substituents is 1. The molecule has 0 aromatic heterocycles. The van der Waals surface area contributed by atoms with Gasteiger partial charge in [0.2, 0.25) is 0 Å². The van der Waals surface area contributed by atoms with Gasteiger partial charge in [0.25, 0.3) is 0 Å². The second kappa shape index (κ2) is 4.75. The zero-order valence-electron chi connectivity index (χ0n) is 7.85. The highest BCUT2D eigenvalue weighted by molar-refractivity contribution is 9.10. The number of halogens is 2. The number of hydrogen-bond acceptors (Lipinski definition) is 2. The summed E-state index contributed by atoms with van der Waals surface area (Å²) in [5.74, 6) is -0.936. The number of hydrogen-bond donors (Lipinski definition) is 2. The van der Waals surface area contributed by atoms with E-state index in [9.17, 15) is 9.50 Å². The van der Waals surface area contributed by atoms with Crippen LogP contribution in [0.2, 0.25) is 0 Å². The highest BCUT2D eigenvalue weighted by Gasteiger charge is 2.12. The van der Waals surface area contributed by atoms with E-state index in [4.69, 9.17) is 5.11 Å². The Morgan fingerprint density at radius 1 is 1.50 bits per heavy atom. The van der Waals surface area contributed by atoms with Crippen LogP contribution in [-0.4, -0.2) is 16.8 Å². The van der Waals surface area contributed by atoms with Crippen LogP contribution in [0, 0.1) is 12.7 Å². The van der Waals surface area contributed by atoms with Gasteiger partial charge in [0.1, 0.15) is 0 Å². The lowest BCUT2D eigenvalue weighted by molar-refractivity contribution is 0.287. The average molecular weight is 263 g/mol. The molecule has 1 rings (SSSR count). The second-order valence-corrected chi connectivity index (χ2v) is 3.97. The number of benzene rings is 1. The monoisotopic (exact) mass is 262 g/mol. The van der Waals surface area contributed by atoms with Crippen LogP contribution in [0.25, 0.3) is 0 Å². The minimum atomic E-state index is -0.629. The molecule has 0 radical (unpaired) electrons. The Bertz CT molecular complexity index is 313. The van der Waals surface area contributed by atoms with E-state index in [1.54, 1.807) is 6.92 Å². The van der Waals surface area contributed by atoms with Crippen molar-refractivity contribution in [3.05, 3.63) is 27.5 Å². The van der Waals surface area contributed by atoms with Crippen LogP contribution in [0.15, 0.2) is 10.5 Å². The third-order valence-electron chi connectivity index (χ3n) is 2.16. The summed E-state index contributed by atoms with van der Waals surface area (Å²) in [6.45, 7) is 1.84. The maximum absolute atomic E-state index is 13.1. The van der Waals surface area contributed by atoms with Gasteiger partial charge in [-0.15, -0.1) is 0 Å². The molecular formula is C10H12BrFO2. The molecule has 0 bridgehead atoms. The van der Waals surface area contributed by atoms with Gasteiger partial charge in [0, 0.05) is 16.6 Å². The van der Waals surface area contributed by atoms with Crippen LogP contribution >= 0.6 is 15.9 Å². The van der Waals surface area contributed by atoms with E-state index in [1.807, 2.05) is 0 Å². The summed E-state index contributed by atoms with van der Waals surface area (Å²) in [5.41, 5.74) is 1.38. The molecule has 1 aromatic rings. The molecule has 0 aliphatic carbocycles. The lowest BCUT2D eigenvalue weighted by Crippen LogP contribution is -1.96. The Balaban J connectivity index is 3.11. The van der Waals surface area contributed by atoms with Gasteiger partial charge in [-0.3, -0.25) is 0 Å². The highest BCUT2D eigenvalue weighted by Crippen LogP contribution is 2.31. The summed E-state index contributed by atoms with van der Waals surface area (Å²) in [6.07, 6.45) is 0.995. The van der Waals surface area contributed by atoms with Crippen molar-refractivity contribution >= 4 is 15.9 Å². The van der Waals surface area contributed by atoms with E-state index in [-0.39, 0.29) is 12.4 Å². The number of aliphatic hydroxyl groups excluding tert-OH is 1. The first-order chi connectivity index (χ1) is 6.57. The van der Waals surface area contributed by atoms with Gasteiger partial charge in [0.15, 0.2) is 11.6 Å². The van der Waals surface area contributed by atoms with Crippen LogP contribution in [0.3, 0.4) is 0 Å². The van der Waals surface area contributed by atoms with Crippen molar-refractivity contribution in [3.8, 4) is 5.75 Å². The fourth-order valence-corrected chi connectivity index (χ4v) is 1.76. The summed E-state index contributed by atoms with van der Waals surface area (Å²) in [6, 6.07) is 1.24. The molecule has 0 saturated heterocycles. The number of aliphatic hydroxyl groups is 1. The number of rotatable bonds is 3. The van der Waals surface area contributed by atoms with Crippen molar-refractivity contribution in [2.24, 2.45) is 0 Å². The smallest absolute Gasteiger partial charge is 0.166 e. The lowest BCUT2D eigenvalue weighted by Gasteiger charge is -2.10. The van der Waals surface area contributed by atoms with Gasteiger partial charge in [-0.1, -0.05) is 15.9 Å². The molecule has 0 unspecified atom stereocenters. The lowest BCUT2D eigenvalue weighted by atomic mass is 10.0. The zero-order chi connectivity index (χ0) is 10.7. The normalized spacial score (nSPS) is 10.6. The fourth-order valence-electron chi connectivity index (χ4n) is 1.32. The minimum absolute atomic E-state index is 0.0347. The van der Waals surface area contributed by atoms with Gasteiger partial charge >= 0.3 is 0 Å². The van der Waals surface area contributed by atoms with Crippen LogP contribution in [0.1, 0.15) is 17.5 Å². The van der Waals surface area contributed by atoms with E-state index in [2.05, 4.69) is 15.9 Å². The topological polar surface area (TPSA) is 40.5 Å². The van der Waals surface area contributed by atoms with Crippen molar-refractivity contribution in [2.45, 2.75) is 19.8 Å². The van der Waals surface area contributed by atoms with Gasteiger partial charge in [0.05, 0.1) is 0 Å². The molecular weight excluding hydrogens is 251 g/mol. The van der Waals surface area contributed by atoms with Gasteiger partial charge in [-0.2, -0.15) is 0 Å². The van der Waals surface area contributed by atoms with E-state index in [0.29, 0.717) is 22.9 Å². The van der Waals surface area contributed by atoms with Gasteiger partial charge in [-0.05, 0) is 31.4 Å². The third kappa shape index (κ3) is 2.25. The Labute approximate surface area is 90.5 Å². The average Bonchev–Trinajstić information content (AvgIpc) is 2.15. The zero-order valence-corrected chi connectivity index (χ0v) is 9.44. The van der Waals surface area contributed by atoms with Crippen molar-refractivity contribution < 1.29 is 14.6 Å². The van der Waals surface area contributed by atoms with Crippen molar-refractivity contribution in [2.75, 3.05) is 6.61 Å². The predicted octanol–water partition coefficient (Wildman–Crippen LogP) is 2.53. The predicted molar refractivity (Wildman–Crippen MR) is 55.9 cm³/mol. The van der Waals surface area contributed by atoms with Crippen LogP contribution in [0.5, 0.6) is 5.75 Å². The first kappa shape index (κ1) is 11.5. The standard InChI is InChI=1S/C10H12BrFO2/c1-6-7(3-2-4-13)10(14)9(12)5-8(6)11/h5,13-14H,2-4H2,1H3. The number of phenols is 1. The quantitative estimate of drug-likeness (QED) is 0.879. The Kier molecular flexibility index (Phi) is 3.89. The van der Waals surface area contributed by atoms with Crippen LogP contribution in [-0.2, 0) is 6.42 Å². The summed E-state index contributed by atoms with van der Waals surface area (Å²) < 4.78 is 13.7. The van der Waals surface area contributed by atoms with E-state index >= 15 is 0 Å². The molecule has 0 atom stereocenters.